The Kier molecular flexibility index (Phi) is 688. The van der Waals surface area contributed by atoms with Crippen molar-refractivity contribution in [3.63, 3.8) is 0 Å². The van der Waals surface area contributed by atoms with Crippen LogP contribution in [-0.4, -0.2) is 0 Å². The summed E-state index contributed by atoms with van der Waals surface area (Å²) in [4.78, 5) is 0. The monoisotopic (exact) mass is 84.0 g/mol. The Morgan fingerprint density at radius 2 is 1.60 bits per heavy atom. The molecule has 0 spiro atoms. The number of hydrogen-bond donors (Lipinski definition) is 0. The van der Waals surface area contributed by atoms with E-state index in [-0.39, 0.29) is 0 Å². The lowest BCUT2D eigenvalue weighted by Gasteiger charge is -1.53. The molecule has 0 fully saturated rings. The van der Waals surface area contributed by atoms with Gasteiger partial charge in [-0.1, -0.05) is 5.40 Å². The maximum absolute atomic E-state index is 7.13. The molecule has 3 heteroatoms. The zero-order valence-electron chi connectivity index (χ0n) is 2.30. The number of hydrogen-bond acceptors (Lipinski definition) is 3. The molecule has 2 nitrogen and oxygen atoms in total. The molecule has 0 saturated heterocycles. The second-order valence-corrected chi connectivity index (χ2v) is 0.274. The Bertz CT molecular complexity index is 50.4. The van der Waals surface area contributed by atoms with Gasteiger partial charge in [0.25, 0.3) is 0 Å². The average Bonchev–Trinajstić information content (AvgIpc) is 1.46. The summed E-state index contributed by atoms with van der Waals surface area (Å²) in [6.07, 6.45) is 0. The molecule has 0 bridgehead atoms. The largest absolute Gasteiger partial charge is 0.696 e. The van der Waals surface area contributed by atoms with E-state index < -0.39 is 0 Å². The van der Waals surface area contributed by atoms with Crippen molar-refractivity contribution >= 4 is 12.6 Å². The van der Waals surface area contributed by atoms with Gasteiger partial charge in [0, 0.05) is 0 Å². The van der Waals surface area contributed by atoms with E-state index >= 15 is 0 Å². The van der Waals surface area contributed by atoms with Gasteiger partial charge in [0.1, 0.15) is 0 Å². The van der Waals surface area contributed by atoms with Crippen molar-refractivity contribution in [2.24, 2.45) is 0 Å². The number of nitrogens with zero attached hydrogens (tertiary/aromatic N) is 2. The first-order chi connectivity index (χ1) is 2.41. The molecule has 0 aliphatic heterocycles. The van der Waals surface area contributed by atoms with E-state index in [1.54, 1.807) is 0 Å². The third-order valence-electron chi connectivity index (χ3n) is 0. The first-order valence-corrected chi connectivity index (χ1v) is 1.06. The molecule has 0 aliphatic carbocycles. The summed E-state index contributed by atoms with van der Waals surface area (Å²) in [5.74, 6) is 0. The summed E-state index contributed by atoms with van der Waals surface area (Å²) in [7, 11) is 0. The van der Waals surface area contributed by atoms with Gasteiger partial charge in [0.05, 0.1) is 0 Å². The normalized spacial score (nSPS) is 1.80. The van der Waals surface area contributed by atoms with E-state index in [0.29, 0.717) is 0 Å². The van der Waals surface area contributed by atoms with Gasteiger partial charge in [0.2, 0.25) is 0 Å². The molecule has 0 atom stereocenters. The predicted molar refractivity (Wildman–Crippen MR) is 17.9 cm³/mol. The number of nitriles is 1. The van der Waals surface area contributed by atoms with E-state index in [0.717, 1.165) is 0 Å². The summed E-state index contributed by atoms with van der Waals surface area (Å²) in [5, 5.41) is 14.7. The molecule has 0 unspecified atom stereocenters. The molecule has 0 amide bonds. The van der Waals surface area contributed by atoms with E-state index in [1.165, 1.54) is 5.40 Å². The lowest BCUT2D eigenvalue weighted by molar-refractivity contribution is 1.53. The first kappa shape index (κ1) is 8.89. The van der Waals surface area contributed by atoms with E-state index in [1.807, 2.05) is 0 Å². The molecule has 26 valence electrons. The molecule has 0 aromatic rings. The van der Waals surface area contributed by atoms with Gasteiger partial charge in [-0.3, -0.25) is 0 Å². The molecule has 0 radical (unpaired) electrons. The van der Waals surface area contributed by atoms with Crippen LogP contribution in [-0.2, 0) is 12.6 Å². The second kappa shape index (κ2) is 387. The van der Waals surface area contributed by atoms with Crippen LogP contribution in [0.3, 0.4) is 0 Å². The van der Waals surface area contributed by atoms with Crippen LogP contribution in [0.5, 0.6) is 0 Å². The fourth-order valence-corrected chi connectivity index (χ4v) is 0. The minimum absolute atomic E-state index is 1.33. The third kappa shape index (κ3) is 7.20. The Hall–Kier alpha value is -0.800. The molecule has 0 N–H and O–H groups in total. The van der Waals surface area contributed by atoms with Gasteiger partial charge < -0.3 is 24.5 Å². The smallest absolute Gasteiger partial charge is 0.0797 e. The van der Waals surface area contributed by atoms with Gasteiger partial charge in [-0.05, 0) is 0 Å². The molecule has 0 rings (SSSR count). The summed E-state index contributed by atoms with van der Waals surface area (Å²) in [5.41, 5.74) is 0. The van der Waals surface area contributed by atoms with Crippen LogP contribution in [0.4, 0.5) is 0 Å². The highest BCUT2D eigenvalue weighted by Crippen LogP contribution is 1.16. The van der Waals surface area contributed by atoms with Crippen LogP contribution in [0, 0.1) is 22.5 Å². The molecular formula is C2N2S-2. The lowest BCUT2D eigenvalue weighted by atomic mass is 11.8. The van der Waals surface area contributed by atoms with Gasteiger partial charge in [-0.25, -0.2) is 5.26 Å². The highest BCUT2D eigenvalue weighted by molar-refractivity contribution is 7.64. The second-order valence-electron chi connectivity index (χ2n) is 0.0913. The molecule has 0 heterocycles. The Morgan fingerprint density at radius 1 is 1.60 bits per heavy atom. The Balaban J connectivity index is 0. The van der Waals surface area contributed by atoms with Crippen LogP contribution >= 0.6 is 0 Å². The molecule has 0 aliphatic rings. The fraction of sp³-hybridized carbons (Fsp3) is 0. The zero-order valence-corrected chi connectivity index (χ0v) is 3.12. The maximum Gasteiger partial charge on any atom is -0.0797 e. The summed E-state index contributed by atoms with van der Waals surface area (Å²) >= 11 is 3.70. The van der Waals surface area contributed by atoms with E-state index in [4.69, 9.17) is 17.1 Å². The van der Waals surface area contributed by atoms with Crippen LogP contribution < -0.4 is 0 Å². The van der Waals surface area contributed by atoms with Crippen LogP contribution in [0.1, 0.15) is 0 Å². The van der Waals surface area contributed by atoms with Crippen molar-refractivity contribution in [2.75, 3.05) is 0 Å². The van der Waals surface area contributed by atoms with E-state index in [9.17, 15) is 0 Å². The zero-order chi connectivity index (χ0) is 4.71. The molecule has 5 heavy (non-hydrogen) atoms. The van der Waals surface area contributed by atoms with Gasteiger partial charge in [-0.15, -0.1) is 0 Å². The Morgan fingerprint density at radius 3 is 1.60 bits per heavy atom. The SMILES string of the molecule is N#C[S-].[C-]#N. The van der Waals surface area contributed by atoms with Crippen LogP contribution in [0.2, 0.25) is 0 Å². The lowest BCUT2D eigenvalue weighted by Crippen LogP contribution is -1.15. The average molecular weight is 84.1 g/mol. The standard InChI is InChI=1S/CHNS.CN/c2-1-3;1-2/h3H;/q;-1/p-1. The fourth-order valence-electron chi connectivity index (χ4n) is 0. The van der Waals surface area contributed by atoms with Crippen LogP contribution in [0.25, 0.3) is 0 Å². The quantitative estimate of drug-likeness (QED) is 0.238. The molecule has 0 aromatic carbocycles. The van der Waals surface area contributed by atoms with Gasteiger partial charge in [0.15, 0.2) is 0 Å². The topological polar surface area (TPSA) is 47.6 Å². The minimum Gasteiger partial charge on any atom is -0.696 e. The maximum atomic E-state index is 7.13. The predicted octanol–water partition coefficient (Wildman–Crippen LogP) is 0.111. The highest BCUT2D eigenvalue weighted by atomic mass is 32.1. The first-order valence-electron chi connectivity index (χ1n) is 0.651. The van der Waals surface area contributed by atoms with Crippen molar-refractivity contribution in [3.8, 4) is 5.40 Å². The summed E-state index contributed by atoms with van der Waals surface area (Å²) < 4.78 is 0. The minimum atomic E-state index is 1.33. The summed E-state index contributed by atoms with van der Waals surface area (Å²) in [6.45, 7) is 4.75. The van der Waals surface area contributed by atoms with Gasteiger partial charge >= 0.3 is 0 Å². The Labute approximate surface area is 36.1 Å². The van der Waals surface area contributed by atoms with Crippen molar-refractivity contribution in [2.45, 2.75) is 0 Å². The highest BCUT2D eigenvalue weighted by Gasteiger charge is 0.867. The number of rotatable bonds is 0. The van der Waals surface area contributed by atoms with Crippen molar-refractivity contribution < 1.29 is 0 Å². The number of thiocyanates is 1. The van der Waals surface area contributed by atoms with E-state index in [2.05, 4.69) is 12.6 Å². The molecule has 0 aromatic heterocycles. The van der Waals surface area contributed by atoms with Crippen LogP contribution in [0.15, 0.2) is 0 Å². The van der Waals surface area contributed by atoms with Crippen molar-refractivity contribution in [3.05, 3.63) is 6.57 Å². The van der Waals surface area contributed by atoms with Crippen molar-refractivity contribution in [1.82, 2.24) is 0 Å². The van der Waals surface area contributed by atoms with Crippen molar-refractivity contribution in [1.29, 1.82) is 10.5 Å². The molecule has 0 saturated carbocycles. The molecular weight excluding hydrogens is 84.1 g/mol. The third-order valence-corrected chi connectivity index (χ3v) is 0. The summed E-state index contributed by atoms with van der Waals surface area (Å²) in [6, 6.07) is 0. The van der Waals surface area contributed by atoms with Gasteiger partial charge in [-0.2, -0.15) is 0 Å².